The van der Waals surface area contributed by atoms with Crippen molar-refractivity contribution >= 4 is 10.1 Å². The Morgan fingerprint density at radius 3 is 2.25 bits per heavy atom. The summed E-state index contributed by atoms with van der Waals surface area (Å²) < 4.78 is 24.5. The van der Waals surface area contributed by atoms with Crippen molar-refractivity contribution in [2.24, 2.45) is 0 Å². The van der Waals surface area contributed by atoms with Crippen LogP contribution in [0, 0.1) is 0 Å². The van der Waals surface area contributed by atoms with Crippen molar-refractivity contribution in [3.63, 3.8) is 0 Å². The van der Waals surface area contributed by atoms with Gasteiger partial charge in [-0.2, -0.15) is 8.42 Å². The zero-order valence-corrected chi connectivity index (χ0v) is 5.66. The first-order valence-corrected chi connectivity index (χ1v) is 3.87. The van der Waals surface area contributed by atoms with Gasteiger partial charge >= 0.3 is 0 Å². The predicted octanol–water partition coefficient (Wildman–Crippen LogP) is -0.861. The van der Waals surface area contributed by atoms with E-state index >= 15 is 0 Å². The van der Waals surface area contributed by atoms with E-state index < -0.39 is 10.1 Å². The SMILES string of the molecule is CNCOS(C)(=O)=O. The summed E-state index contributed by atoms with van der Waals surface area (Å²) in [6.07, 6.45) is 1.00. The van der Waals surface area contributed by atoms with Crippen LogP contribution in [-0.2, 0) is 14.3 Å². The lowest BCUT2D eigenvalue weighted by molar-refractivity contribution is 0.302. The molecule has 0 saturated heterocycles. The first-order valence-electron chi connectivity index (χ1n) is 2.05. The molecule has 0 atom stereocenters. The Morgan fingerprint density at radius 2 is 2.12 bits per heavy atom. The molecule has 1 N–H and O–H groups in total. The molecule has 8 heavy (non-hydrogen) atoms. The third-order valence-electron chi connectivity index (χ3n) is 0.417. The maximum Gasteiger partial charge on any atom is 0.265 e. The molecule has 0 rings (SSSR count). The standard InChI is InChI=1S/C3H9NO3S/c1-4-3-7-8(2,5)6/h4H,3H2,1-2H3. The molecular formula is C3H9NO3S. The zero-order valence-electron chi connectivity index (χ0n) is 4.84. The summed E-state index contributed by atoms with van der Waals surface area (Å²) in [5, 5.41) is 2.52. The van der Waals surface area contributed by atoms with E-state index in [1.807, 2.05) is 0 Å². The summed E-state index contributed by atoms with van der Waals surface area (Å²) >= 11 is 0. The van der Waals surface area contributed by atoms with E-state index in [0.717, 1.165) is 6.26 Å². The molecule has 0 unspecified atom stereocenters. The molecule has 0 aliphatic heterocycles. The van der Waals surface area contributed by atoms with Crippen LogP contribution in [-0.4, -0.2) is 28.5 Å². The van der Waals surface area contributed by atoms with E-state index in [1.165, 1.54) is 0 Å². The van der Waals surface area contributed by atoms with Crippen LogP contribution < -0.4 is 5.32 Å². The highest BCUT2D eigenvalue weighted by Gasteiger charge is 1.96. The average Bonchev–Trinajstić information content (AvgIpc) is 1.59. The maximum atomic E-state index is 10.1. The van der Waals surface area contributed by atoms with Gasteiger partial charge in [0.2, 0.25) is 0 Å². The third kappa shape index (κ3) is 5.87. The molecule has 0 heterocycles. The summed E-state index contributed by atoms with van der Waals surface area (Å²) in [5.74, 6) is 0. The topological polar surface area (TPSA) is 55.4 Å². The molecule has 0 fully saturated rings. The Hall–Kier alpha value is -0.130. The second-order valence-electron chi connectivity index (χ2n) is 1.32. The summed E-state index contributed by atoms with van der Waals surface area (Å²) in [6, 6.07) is 0. The molecule has 0 amide bonds. The minimum atomic E-state index is -3.25. The van der Waals surface area contributed by atoms with Gasteiger partial charge in [0.05, 0.1) is 6.26 Å². The van der Waals surface area contributed by atoms with Crippen LogP contribution in [0.2, 0.25) is 0 Å². The third-order valence-corrected chi connectivity index (χ3v) is 0.963. The normalized spacial score (nSPS) is 11.8. The molecule has 0 aromatic rings. The van der Waals surface area contributed by atoms with Crippen LogP contribution in [0.5, 0.6) is 0 Å². The van der Waals surface area contributed by atoms with E-state index in [4.69, 9.17) is 0 Å². The number of hydrogen-bond acceptors (Lipinski definition) is 4. The molecule has 50 valence electrons. The van der Waals surface area contributed by atoms with Gasteiger partial charge in [0.25, 0.3) is 10.1 Å². The quantitative estimate of drug-likeness (QED) is 0.408. The molecular weight excluding hydrogens is 130 g/mol. The van der Waals surface area contributed by atoms with Crippen molar-refractivity contribution in [2.45, 2.75) is 0 Å². The summed E-state index contributed by atoms with van der Waals surface area (Å²) in [6.45, 7) is 0.0405. The molecule has 5 heteroatoms. The molecule has 0 spiro atoms. The lowest BCUT2D eigenvalue weighted by Crippen LogP contribution is -2.15. The van der Waals surface area contributed by atoms with Gasteiger partial charge in [0.1, 0.15) is 6.73 Å². The lowest BCUT2D eigenvalue weighted by Gasteiger charge is -1.95. The van der Waals surface area contributed by atoms with E-state index in [9.17, 15) is 8.42 Å². The van der Waals surface area contributed by atoms with Crippen LogP contribution in [0.1, 0.15) is 0 Å². The van der Waals surface area contributed by atoms with Crippen LogP contribution in [0.15, 0.2) is 0 Å². The molecule has 4 nitrogen and oxygen atoms in total. The number of rotatable bonds is 3. The highest BCUT2D eigenvalue weighted by Crippen LogP contribution is 1.80. The molecule has 0 aromatic heterocycles. The fourth-order valence-corrected chi connectivity index (χ4v) is 0.498. The molecule has 0 bridgehead atoms. The Kier molecular flexibility index (Phi) is 2.96. The van der Waals surface area contributed by atoms with Gasteiger partial charge in [0.15, 0.2) is 0 Å². The zero-order chi connectivity index (χ0) is 6.62. The number of hydrogen-bond donors (Lipinski definition) is 1. The van der Waals surface area contributed by atoms with Gasteiger partial charge in [-0.1, -0.05) is 0 Å². The monoisotopic (exact) mass is 139 g/mol. The molecule has 0 aromatic carbocycles. The van der Waals surface area contributed by atoms with Crippen molar-refractivity contribution in [1.82, 2.24) is 5.32 Å². The fraction of sp³-hybridized carbons (Fsp3) is 1.00. The van der Waals surface area contributed by atoms with Gasteiger partial charge in [-0.05, 0) is 7.05 Å². The van der Waals surface area contributed by atoms with Crippen LogP contribution >= 0.6 is 0 Å². The minimum Gasteiger partial charge on any atom is -0.297 e. The summed E-state index contributed by atoms with van der Waals surface area (Å²) in [5.41, 5.74) is 0. The Balaban J connectivity index is 3.42. The van der Waals surface area contributed by atoms with Crippen molar-refractivity contribution in [3.05, 3.63) is 0 Å². The second-order valence-corrected chi connectivity index (χ2v) is 2.96. The van der Waals surface area contributed by atoms with Crippen LogP contribution in [0.3, 0.4) is 0 Å². The predicted molar refractivity (Wildman–Crippen MR) is 29.9 cm³/mol. The maximum absolute atomic E-state index is 10.1. The second kappa shape index (κ2) is 3.01. The van der Waals surface area contributed by atoms with Gasteiger partial charge in [-0.15, -0.1) is 0 Å². The van der Waals surface area contributed by atoms with Crippen molar-refractivity contribution in [2.75, 3.05) is 20.0 Å². The van der Waals surface area contributed by atoms with E-state index in [0.29, 0.717) is 0 Å². The summed E-state index contributed by atoms with van der Waals surface area (Å²) in [4.78, 5) is 0. The Labute approximate surface area is 49.0 Å². The summed E-state index contributed by atoms with van der Waals surface area (Å²) in [7, 11) is -1.65. The lowest BCUT2D eigenvalue weighted by atomic mass is 11.2. The molecule has 0 radical (unpaired) electrons. The first-order chi connectivity index (χ1) is 3.56. The van der Waals surface area contributed by atoms with E-state index in [1.54, 1.807) is 7.05 Å². The Bertz CT molecular complexity index is 139. The highest BCUT2D eigenvalue weighted by atomic mass is 32.2. The van der Waals surface area contributed by atoms with Gasteiger partial charge in [0, 0.05) is 0 Å². The van der Waals surface area contributed by atoms with E-state index in [2.05, 4.69) is 9.50 Å². The smallest absolute Gasteiger partial charge is 0.265 e. The Morgan fingerprint density at radius 1 is 1.62 bits per heavy atom. The highest BCUT2D eigenvalue weighted by molar-refractivity contribution is 7.85. The van der Waals surface area contributed by atoms with Crippen LogP contribution in [0.25, 0.3) is 0 Å². The van der Waals surface area contributed by atoms with Gasteiger partial charge in [-0.3, -0.25) is 9.50 Å². The van der Waals surface area contributed by atoms with Crippen molar-refractivity contribution in [3.8, 4) is 0 Å². The van der Waals surface area contributed by atoms with Crippen LogP contribution in [0.4, 0.5) is 0 Å². The van der Waals surface area contributed by atoms with Gasteiger partial charge in [-0.25, -0.2) is 0 Å². The molecule has 0 aliphatic carbocycles. The molecule has 0 saturated carbocycles. The van der Waals surface area contributed by atoms with Crippen molar-refractivity contribution in [1.29, 1.82) is 0 Å². The van der Waals surface area contributed by atoms with Crippen molar-refractivity contribution < 1.29 is 12.6 Å². The average molecular weight is 139 g/mol. The largest absolute Gasteiger partial charge is 0.297 e. The number of nitrogens with one attached hydrogen (secondary N) is 1. The minimum absolute atomic E-state index is 0.0405. The molecule has 0 aliphatic rings. The fourth-order valence-electron chi connectivity index (χ4n) is 0.166. The van der Waals surface area contributed by atoms with E-state index in [-0.39, 0.29) is 6.73 Å². The first kappa shape index (κ1) is 7.87. The van der Waals surface area contributed by atoms with Gasteiger partial charge < -0.3 is 0 Å².